The lowest BCUT2D eigenvalue weighted by Gasteiger charge is -2.25. The normalized spacial score (nSPS) is 13.2. The lowest BCUT2D eigenvalue weighted by Crippen LogP contribution is -2.48. The van der Waals surface area contributed by atoms with Crippen molar-refractivity contribution >= 4 is 11.3 Å². The Morgan fingerprint density at radius 1 is 1.41 bits per heavy atom. The van der Waals surface area contributed by atoms with Gasteiger partial charge in [0.05, 0.1) is 16.7 Å². The van der Waals surface area contributed by atoms with Crippen molar-refractivity contribution in [2.75, 3.05) is 13.2 Å². The van der Waals surface area contributed by atoms with E-state index >= 15 is 0 Å². The first kappa shape index (κ1) is 14.5. The molecule has 3 N–H and O–H groups in total. The third kappa shape index (κ3) is 4.69. The van der Waals surface area contributed by atoms with Crippen LogP contribution < -0.4 is 11.3 Å². The molecule has 6 heteroatoms. The molecule has 0 saturated heterocycles. The molecule has 0 aliphatic carbocycles. The molecule has 0 radical (unpaired) electrons. The van der Waals surface area contributed by atoms with Crippen molar-refractivity contribution in [1.82, 2.24) is 10.4 Å². The van der Waals surface area contributed by atoms with Crippen LogP contribution in [0.3, 0.4) is 0 Å². The number of nitrogens with two attached hydrogens (primary N) is 1. The van der Waals surface area contributed by atoms with Crippen molar-refractivity contribution in [3.05, 3.63) is 16.1 Å². The zero-order valence-electron chi connectivity index (χ0n) is 10.6. The third-order valence-corrected chi connectivity index (χ3v) is 3.12. The van der Waals surface area contributed by atoms with Gasteiger partial charge < -0.3 is 9.47 Å². The fourth-order valence-corrected chi connectivity index (χ4v) is 2.20. The second-order valence-corrected chi connectivity index (χ2v) is 4.68. The van der Waals surface area contributed by atoms with Crippen LogP contribution in [0.5, 0.6) is 0 Å². The van der Waals surface area contributed by atoms with Gasteiger partial charge in [-0.05, 0) is 20.8 Å². The van der Waals surface area contributed by atoms with Crippen molar-refractivity contribution in [1.29, 1.82) is 0 Å². The molecule has 5 nitrogen and oxygen atoms in total. The number of hydrogen-bond acceptors (Lipinski definition) is 6. The maximum absolute atomic E-state index is 5.55. The van der Waals surface area contributed by atoms with E-state index < -0.39 is 0 Å². The first-order chi connectivity index (χ1) is 8.21. The minimum atomic E-state index is -0.336. The van der Waals surface area contributed by atoms with Gasteiger partial charge in [0.1, 0.15) is 0 Å². The van der Waals surface area contributed by atoms with Crippen molar-refractivity contribution in [2.45, 2.75) is 39.5 Å². The molecule has 0 spiro atoms. The van der Waals surface area contributed by atoms with Gasteiger partial charge in [-0.2, -0.15) is 0 Å². The Labute approximate surface area is 106 Å². The average Bonchev–Trinajstić information content (AvgIpc) is 2.72. The number of aromatic nitrogens is 1. The number of ether oxygens (including phenoxy) is 2. The summed E-state index contributed by atoms with van der Waals surface area (Å²) >= 11 is 1.63. The summed E-state index contributed by atoms with van der Waals surface area (Å²) in [5.41, 5.74) is 3.76. The molecule has 0 aromatic carbocycles. The molecule has 1 aromatic heterocycles. The minimum absolute atomic E-state index is 0.0867. The van der Waals surface area contributed by atoms with Crippen LogP contribution >= 0.6 is 11.3 Å². The summed E-state index contributed by atoms with van der Waals surface area (Å²) in [6.07, 6.45) is 0.364. The fourth-order valence-electron chi connectivity index (χ4n) is 1.57. The number of hydrazine groups is 1. The highest BCUT2D eigenvalue weighted by Gasteiger charge is 2.22. The van der Waals surface area contributed by atoms with Crippen molar-refractivity contribution in [3.63, 3.8) is 0 Å². The van der Waals surface area contributed by atoms with Gasteiger partial charge in [0.25, 0.3) is 0 Å². The lowest BCUT2D eigenvalue weighted by atomic mass is 10.1. The van der Waals surface area contributed by atoms with Crippen molar-refractivity contribution in [3.8, 4) is 0 Å². The molecule has 1 atom stereocenters. The maximum Gasteiger partial charge on any atom is 0.174 e. The molecule has 0 fully saturated rings. The summed E-state index contributed by atoms with van der Waals surface area (Å²) < 4.78 is 11.1. The largest absolute Gasteiger partial charge is 0.351 e. The van der Waals surface area contributed by atoms with Gasteiger partial charge in [-0.25, -0.2) is 4.98 Å². The quantitative estimate of drug-likeness (QED) is 0.417. The third-order valence-electron chi connectivity index (χ3n) is 2.30. The zero-order chi connectivity index (χ0) is 12.7. The molecule has 0 amide bonds. The first-order valence-electron chi connectivity index (χ1n) is 5.81. The van der Waals surface area contributed by atoms with E-state index in [2.05, 4.69) is 10.4 Å². The van der Waals surface area contributed by atoms with Gasteiger partial charge in [0, 0.05) is 25.0 Å². The van der Waals surface area contributed by atoms with Gasteiger partial charge in [-0.1, -0.05) is 0 Å². The summed E-state index contributed by atoms with van der Waals surface area (Å²) in [7, 11) is 0. The molecule has 1 unspecified atom stereocenters. The summed E-state index contributed by atoms with van der Waals surface area (Å²) in [6.45, 7) is 7.05. The fraction of sp³-hybridized carbons (Fsp3) is 0.727. The lowest BCUT2D eigenvalue weighted by molar-refractivity contribution is -0.153. The van der Waals surface area contributed by atoms with Gasteiger partial charge in [0.2, 0.25) is 0 Å². The standard InChI is InChI=1S/C11H21N3O2S/c1-4-15-11(16-5-2)10(14-12)6-9-7-17-8(3)13-9/h7,10-11,14H,4-6,12H2,1-3H3. The van der Waals surface area contributed by atoms with Crippen LogP contribution in [-0.2, 0) is 15.9 Å². The number of rotatable bonds is 8. The minimum Gasteiger partial charge on any atom is -0.351 e. The van der Waals surface area contributed by atoms with E-state index in [0.29, 0.717) is 19.6 Å². The topological polar surface area (TPSA) is 69.4 Å². The molecule has 1 aromatic rings. The smallest absolute Gasteiger partial charge is 0.174 e. The van der Waals surface area contributed by atoms with Crippen molar-refractivity contribution < 1.29 is 9.47 Å². The second-order valence-electron chi connectivity index (χ2n) is 3.61. The van der Waals surface area contributed by atoms with E-state index in [4.69, 9.17) is 15.3 Å². The van der Waals surface area contributed by atoms with E-state index in [0.717, 1.165) is 10.7 Å². The number of hydrogen-bond donors (Lipinski definition) is 2. The Bertz CT molecular complexity index is 313. The predicted molar refractivity (Wildman–Crippen MR) is 68.7 cm³/mol. The summed E-state index contributed by atoms with van der Waals surface area (Å²) in [5, 5.41) is 3.09. The SMILES string of the molecule is CCOC(OCC)C(Cc1csc(C)n1)NN. The van der Waals surface area contributed by atoms with E-state index in [1.807, 2.05) is 26.2 Å². The molecule has 0 saturated carbocycles. The number of nitrogens with zero attached hydrogens (tertiary/aromatic N) is 1. The Balaban J connectivity index is 2.61. The van der Waals surface area contributed by atoms with Crippen LogP contribution in [0.25, 0.3) is 0 Å². The zero-order valence-corrected chi connectivity index (χ0v) is 11.4. The summed E-state index contributed by atoms with van der Waals surface area (Å²) in [6, 6.07) is -0.0867. The van der Waals surface area contributed by atoms with Gasteiger partial charge >= 0.3 is 0 Å². The number of thiazole rings is 1. The van der Waals surface area contributed by atoms with Gasteiger partial charge in [0.15, 0.2) is 6.29 Å². The van der Waals surface area contributed by atoms with Gasteiger partial charge in [-0.3, -0.25) is 11.3 Å². The molecule has 0 bridgehead atoms. The molecule has 1 heterocycles. The number of aryl methyl sites for hydroxylation is 1. The number of nitrogens with one attached hydrogen (secondary N) is 1. The Hall–Kier alpha value is -0.530. The second kappa shape index (κ2) is 7.73. The Morgan fingerprint density at radius 2 is 2.06 bits per heavy atom. The summed E-state index contributed by atoms with van der Waals surface area (Å²) in [5.74, 6) is 5.55. The van der Waals surface area contributed by atoms with E-state index in [9.17, 15) is 0 Å². The molecule has 1 rings (SSSR count). The highest BCUT2D eigenvalue weighted by Crippen LogP contribution is 2.13. The van der Waals surface area contributed by atoms with Crippen LogP contribution in [-0.4, -0.2) is 30.5 Å². The first-order valence-corrected chi connectivity index (χ1v) is 6.69. The molecule has 0 aliphatic heterocycles. The van der Waals surface area contributed by atoms with E-state index in [1.165, 1.54) is 0 Å². The Kier molecular flexibility index (Phi) is 6.61. The highest BCUT2D eigenvalue weighted by atomic mass is 32.1. The summed E-state index contributed by atoms with van der Waals surface area (Å²) in [4.78, 5) is 4.41. The molecule has 0 aliphatic rings. The molecule has 17 heavy (non-hydrogen) atoms. The van der Waals surface area contributed by atoms with Crippen molar-refractivity contribution in [2.24, 2.45) is 5.84 Å². The Morgan fingerprint density at radius 3 is 2.47 bits per heavy atom. The monoisotopic (exact) mass is 259 g/mol. The van der Waals surface area contributed by atoms with Crippen LogP contribution in [0, 0.1) is 6.92 Å². The molecular weight excluding hydrogens is 238 g/mol. The van der Waals surface area contributed by atoms with Crippen LogP contribution in [0.4, 0.5) is 0 Å². The van der Waals surface area contributed by atoms with Crippen LogP contribution in [0.15, 0.2) is 5.38 Å². The maximum atomic E-state index is 5.55. The van der Waals surface area contributed by atoms with Crippen LogP contribution in [0.1, 0.15) is 24.5 Å². The molecular formula is C11H21N3O2S. The highest BCUT2D eigenvalue weighted by molar-refractivity contribution is 7.09. The average molecular weight is 259 g/mol. The molecule has 98 valence electrons. The van der Waals surface area contributed by atoms with E-state index in [1.54, 1.807) is 11.3 Å². The van der Waals surface area contributed by atoms with E-state index in [-0.39, 0.29) is 12.3 Å². The van der Waals surface area contributed by atoms with Crippen LogP contribution in [0.2, 0.25) is 0 Å². The predicted octanol–water partition coefficient (Wildman–Crippen LogP) is 1.23. The van der Waals surface area contributed by atoms with Gasteiger partial charge in [-0.15, -0.1) is 11.3 Å².